The normalized spacial score (nSPS) is 10.6. The number of non-ortho nitro benzene ring substituents is 1. The second-order valence-corrected chi connectivity index (χ2v) is 3.08. The predicted molar refractivity (Wildman–Crippen MR) is 51.2 cm³/mol. The molecule has 2 rings (SSSR count). The number of aromatic nitrogens is 1. The van der Waals surface area contributed by atoms with Gasteiger partial charge >= 0.3 is 0 Å². The second kappa shape index (κ2) is 2.73. The first kappa shape index (κ1) is 8.55. The smallest absolute Gasteiger partial charge is 0.271 e. The molecule has 0 amide bonds. The van der Waals surface area contributed by atoms with Gasteiger partial charge in [0.15, 0.2) is 0 Å². The molecule has 5 nitrogen and oxygen atoms in total. The SMILES string of the molecule is Cn1cc(O)c2ccc([N+](=O)[O-])cc21. The number of nitro benzene ring substituents is 1. The zero-order chi connectivity index (χ0) is 10.3. The van der Waals surface area contributed by atoms with Crippen molar-refractivity contribution in [2.75, 3.05) is 0 Å². The van der Waals surface area contributed by atoms with Crippen LogP contribution in [0.1, 0.15) is 0 Å². The van der Waals surface area contributed by atoms with E-state index in [0.29, 0.717) is 10.9 Å². The third kappa shape index (κ3) is 1.10. The highest BCUT2D eigenvalue weighted by Gasteiger charge is 2.10. The lowest BCUT2D eigenvalue weighted by Gasteiger charge is -1.95. The van der Waals surface area contributed by atoms with Gasteiger partial charge in [0.2, 0.25) is 0 Å². The first-order chi connectivity index (χ1) is 6.59. The second-order valence-electron chi connectivity index (χ2n) is 3.08. The van der Waals surface area contributed by atoms with Crippen LogP contribution in [-0.2, 0) is 7.05 Å². The number of nitro groups is 1. The van der Waals surface area contributed by atoms with Crippen LogP contribution >= 0.6 is 0 Å². The Morgan fingerprint density at radius 3 is 2.86 bits per heavy atom. The topological polar surface area (TPSA) is 68.3 Å². The molecule has 1 aromatic heterocycles. The Bertz CT molecular complexity index is 516. The Balaban J connectivity index is 2.77. The molecule has 0 bridgehead atoms. The summed E-state index contributed by atoms with van der Waals surface area (Å²) in [6, 6.07) is 4.36. The van der Waals surface area contributed by atoms with E-state index in [9.17, 15) is 15.2 Å². The molecule has 0 saturated carbocycles. The number of hydrogen-bond acceptors (Lipinski definition) is 3. The molecule has 0 aliphatic carbocycles. The average Bonchev–Trinajstić information content (AvgIpc) is 2.42. The highest BCUT2D eigenvalue weighted by Crippen LogP contribution is 2.28. The van der Waals surface area contributed by atoms with E-state index in [2.05, 4.69) is 0 Å². The van der Waals surface area contributed by atoms with Crippen molar-refractivity contribution in [3.05, 3.63) is 34.5 Å². The van der Waals surface area contributed by atoms with Crippen molar-refractivity contribution < 1.29 is 10.0 Å². The van der Waals surface area contributed by atoms with Gasteiger partial charge in [-0.15, -0.1) is 0 Å². The van der Waals surface area contributed by atoms with E-state index in [-0.39, 0.29) is 11.4 Å². The van der Waals surface area contributed by atoms with E-state index >= 15 is 0 Å². The number of aromatic hydroxyl groups is 1. The number of rotatable bonds is 1. The quantitative estimate of drug-likeness (QED) is 0.553. The summed E-state index contributed by atoms with van der Waals surface area (Å²) in [4.78, 5) is 10.0. The molecule has 0 spiro atoms. The van der Waals surface area contributed by atoms with E-state index in [1.165, 1.54) is 18.3 Å². The molecular formula is C9H8N2O3. The standard InChI is InChI=1S/C9H8N2O3/c1-10-5-9(12)7-3-2-6(11(13)14)4-8(7)10/h2-5,12H,1H3. The van der Waals surface area contributed by atoms with Gasteiger partial charge in [-0.05, 0) is 6.07 Å². The molecule has 1 N–H and O–H groups in total. The molecule has 0 atom stereocenters. The third-order valence-electron chi connectivity index (χ3n) is 2.16. The minimum Gasteiger partial charge on any atom is -0.506 e. The van der Waals surface area contributed by atoms with Crippen molar-refractivity contribution in [3.63, 3.8) is 0 Å². The van der Waals surface area contributed by atoms with Gasteiger partial charge in [-0.1, -0.05) is 0 Å². The van der Waals surface area contributed by atoms with Gasteiger partial charge in [0.25, 0.3) is 5.69 Å². The van der Waals surface area contributed by atoms with Crippen molar-refractivity contribution in [2.45, 2.75) is 0 Å². The molecule has 1 heterocycles. The number of aryl methyl sites for hydroxylation is 1. The minimum absolute atomic E-state index is 0.0266. The molecule has 5 heteroatoms. The average molecular weight is 192 g/mol. The largest absolute Gasteiger partial charge is 0.506 e. The maximum Gasteiger partial charge on any atom is 0.271 e. The lowest BCUT2D eigenvalue weighted by Crippen LogP contribution is -1.89. The minimum atomic E-state index is -0.455. The highest BCUT2D eigenvalue weighted by molar-refractivity contribution is 5.88. The molecule has 0 saturated heterocycles. The predicted octanol–water partition coefficient (Wildman–Crippen LogP) is 1.79. The number of hydrogen-bond donors (Lipinski definition) is 1. The molecule has 0 aliphatic rings. The van der Waals surface area contributed by atoms with Crippen LogP contribution in [-0.4, -0.2) is 14.6 Å². The zero-order valence-corrected chi connectivity index (χ0v) is 7.47. The Morgan fingerprint density at radius 1 is 1.50 bits per heavy atom. The van der Waals surface area contributed by atoms with Gasteiger partial charge in [0.1, 0.15) is 5.75 Å². The van der Waals surface area contributed by atoms with E-state index in [4.69, 9.17) is 0 Å². The van der Waals surface area contributed by atoms with Crippen LogP contribution < -0.4 is 0 Å². The molecule has 1 aromatic carbocycles. The summed E-state index contributed by atoms with van der Waals surface area (Å²) < 4.78 is 1.65. The fourth-order valence-corrected chi connectivity index (χ4v) is 1.46. The number of fused-ring (bicyclic) bond motifs is 1. The summed E-state index contributed by atoms with van der Waals surface area (Å²) in [5.41, 5.74) is 0.676. The maximum atomic E-state index is 10.5. The summed E-state index contributed by atoms with van der Waals surface area (Å²) in [6.45, 7) is 0. The molecule has 2 aromatic rings. The Hall–Kier alpha value is -2.04. The first-order valence-electron chi connectivity index (χ1n) is 4.02. The molecule has 0 unspecified atom stereocenters. The van der Waals surface area contributed by atoms with Crippen LogP contribution in [0.3, 0.4) is 0 Å². The monoisotopic (exact) mass is 192 g/mol. The van der Waals surface area contributed by atoms with Gasteiger partial charge in [0, 0.05) is 30.8 Å². The summed E-state index contributed by atoms with van der Waals surface area (Å²) >= 11 is 0. The van der Waals surface area contributed by atoms with E-state index < -0.39 is 4.92 Å². The van der Waals surface area contributed by atoms with Gasteiger partial charge in [-0.3, -0.25) is 10.1 Å². The van der Waals surface area contributed by atoms with Crippen LogP contribution in [0.15, 0.2) is 24.4 Å². The Labute approximate surface area is 79.3 Å². The Morgan fingerprint density at radius 2 is 2.21 bits per heavy atom. The van der Waals surface area contributed by atoms with Crippen molar-refractivity contribution in [3.8, 4) is 5.75 Å². The van der Waals surface area contributed by atoms with E-state index in [0.717, 1.165) is 0 Å². The van der Waals surface area contributed by atoms with Crippen LogP contribution in [0.2, 0.25) is 0 Å². The third-order valence-corrected chi connectivity index (χ3v) is 2.16. The van der Waals surface area contributed by atoms with Crippen LogP contribution in [0, 0.1) is 10.1 Å². The lowest BCUT2D eigenvalue weighted by molar-refractivity contribution is -0.384. The molecule has 72 valence electrons. The molecule has 0 fully saturated rings. The summed E-state index contributed by atoms with van der Waals surface area (Å²) in [5.74, 6) is 0.136. The van der Waals surface area contributed by atoms with Gasteiger partial charge in [-0.2, -0.15) is 0 Å². The van der Waals surface area contributed by atoms with Crippen molar-refractivity contribution >= 4 is 16.6 Å². The lowest BCUT2D eigenvalue weighted by atomic mass is 10.2. The number of nitrogens with zero attached hydrogens (tertiary/aromatic N) is 2. The summed E-state index contributed by atoms with van der Waals surface area (Å²) in [6.07, 6.45) is 1.52. The van der Waals surface area contributed by atoms with Crippen LogP contribution in [0.5, 0.6) is 5.75 Å². The maximum absolute atomic E-state index is 10.5. The Kier molecular flexibility index (Phi) is 1.67. The van der Waals surface area contributed by atoms with Gasteiger partial charge < -0.3 is 9.67 Å². The van der Waals surface area contributed by atoms with Crippen LogP contribution in [0.25, 0.3) is 10.9 Å². The zero-order valence-electron chi connectivity index (χ0n) is 7.47. The molecule has 14 heavy (non-hydrogen) atoms. The molecular weight excluding hydrogens is 184 g/mol. The first-order valence-corrected chi connectivity index (χ1v) is 4.02. The van der Waals surface area contributed by atoms with Crippen molar-refractivity contribution in [1.82, 2.24) is 4.57 Å². The summed E-state index contributed by atoms with van der Waals surface area (Å²) in [7, 11) is 1.73. The van der Waals surface area contributed by atoms with Crippen LogP contribution in [0.4, 0.5) is 5.69 Å². The number of benzene rings is 1. The van der Waals surface area contributed by atoms with E-state index in [1.807, 2.05) is 0 Å². The van der Waals surface area contributed by atoms with Gasteiger partial charge in [0.05, 0.1) is 10.4 Å². The molecule has 0 radical (unpaired) electrons. The van der Waals surface area contributed by atoms with E-state index in [1.54, 1.807) is 17.7 Å². The fraction of sp³-hybridized carbons (Fsp3) is 0.111. The fourth-order valence-electron chi connectivity index (χ4n) is 1.46. The van der Waals surface area contributed by atoms with Crippen molar-refractivity contribution in [2.24, 2.45) is 7.05 Å². The van der Waals surface area contributed by atoms with Crippen molar-refractivity contribution in [1.29, 1.82) is 0 Å². The van der Waals surface area contributed by atoms with Gasteiger partial charge in [-0.25, -0.2) is 0 Å². The highest BCUT2D eigenvalue weighted by atomic mass is 16.6. The molecule has 0 aliphatic heterocycles. The summed E-state index contributed by atoms with van der Waals surface area (Å²) in [5, 5.41) is 20.6.